The number of hydrogen-bond donors (Lipinski definition) is 1. The Hall–Kier alpha value is -0.870. The van der Waals surface area contributed by atoms with E-state index in [0.717, 1.165) is 36.2 Å². The Morgan fingerprint density at radius 3 is 2.57 bits per heavy atom. The number of fused-ring (bicyclic) bond motifs is 2. The third-order valence-corrected chi connectivity index (χ3v) is 5.62. The minimum atomic E-state index is 0.545. The summed E-state index contributed by atoms with van der Waals surface area (Å²) in [5.41, 5.74) is 0. The van der Waals surface area contributed by atoms with Crippen LogP contribution >= 0.6 is 11.6 Å². The quantitative estimate of drug-likeness (QED) is 0.867. The van der Waals surface area contributed by atoms with Crippen LogP contribution in [0.4, 0.5) is 5.82 Å². The highest BCUT2D eigenvalue weighted by atomic mass is 35.5. The second-order valence-corrected chi connectivity index (χ2v) is 7.36. The van der Waals surface area contributed by atoms with Crippen molar-refractivity contribution in [1.82, 2.24) is 14.9 Å². The Kier molecular flexibility index (Phi) is 3.54. The zero-order valence-electron chi connectivity index (χ0n) is 12.6. The summed E-state index contributed by atoms with van der Waals surface area (Å²) in [6, 6.07) is 3.45. The van der Waals surface area contributed by atoms with Crippen molar-refractivity contribution in [2.75, 3.05) is 18.9 Å². The maximum Gasteiger partial charge on any atom is 0.135 e. The number of nitrogens with one attached hydrogen (secondary N) is 1. The summed E-state index contributed by atoms with van der Waals surface area (Å²) < 4.78 is 0. The number of nitrogens with zero attached hydrogens (tertiary/aromatic N) is 3. The van der Waals surface area contributed by atoms with Gasteiger partial charge in [-0.1, -0.05) is 11.6 Å². The van der Waals surface area contributed by atoms with Gasteiger partial charge in [-0.2, -0.15) is 0 Å². The van der Waals surface area contributed by atoms with Gasteiger partial charge in [0.2, 0.25) is 0 Å². The molecule has 3 heterocycles. The summed E-state index contributed by atoms with van der Waals surface area (Å²) in [4.78, 5) is 11.6. The third kappa shape index (κ3) is 2.88. The fraction of sp³-hybridized carbons (Fsp3) is 0.750. The molecule has 1 aliphatic carbocycles. The predicted octanol–water partition coefficient (Wildman–Crippen LogP) is 3.29. The topological polar surface area (TPSA) is 41.0 Å². The third-order valence-electron chi connectivity index (χ3n) is 5.42. The normalized spacial score (nSPS) is 32.4. The van der Waals surface area contributed by atoms with Gasteiger partial charge in [0.1, 0.15) is 16.8 Å². The van der Waals surface area contributed by atoms with Gasteiger partial charge < -0.3 is 10.2 Å². The van der Waals surface area contributed by atoms with Crippen molar-refractivity contribution in [3.05, 3.63) is 17.0 Å². The van der Waals surface area contributed by atoms with E-state index in [4.69, 9.17) is 11.6 Å². The van der Waals surface area contributed by atoms with Gasteiger partial charge in [-0.25, -0.2) is 9.97 Å². The van der Waals surface area contributed by atoms with Crippen molar-refractivity contribution in [3.63, 3.8) is 0 Å². The van der Waals surface area contributed by atoms with Crippen molar-refractivity contribution in [3.8, 4) is 0 Å². The van der Waals surface area contributed by atoms with Gasteiger partial charge in [0.05, 0.1) is 0 Å². The molecule has 1 aromatic rings. The molecule has 2 saturated heterocycles. The maximum atomic E-state index is 6.12. The summed E-state index contributed by atoms with van der Waals surface area (Å²) in [6.07, 6.45) is 7.80. The Labute approximate surface area is 131 Å². The van der Waals surface area contributed by atoms with E-state index in [-0.39, 0.29) is 0 Å². The molecule has 3 aliphatic rings. The molecule has 0 amide bonds. The molecule has 1 N–H and O–H groups in total. The summed E-state index contributed by atoms with van der Waals surface area (Å²) >= 11 is 6.12. The van der Waals surface area contributed by atoms with Crippen LogP contribution in [0.3, 0.4) is 0 Å². The first kappa shape index (κ1) is 13.8. The molecule has 2 bridgehead atoms. The highest BCUT2D eigenvalue weighted by Crippen LogP contribution is 2.39. The molecule has 1 aromatic heterocycles. The lowest BCUT2D eigenvalue weighted by atomic mass is 9.91. The summed E-state index contributed by atoms with van der Waals surface area (Å²) in [7, 11) is 2.29. The van der Waals surface area contributed by atoms with Crippen LogP contribution in [0.2, 0.25) is 5.15 Å². The van der Waals surface area contributed by atoms with E-state index in [0.29, 0.717) is 11.1 Å². The second-order valence-electron chi connectivity index (χ2n) is 6.98. The average Bonchev–Trinajstić information content (AvgIpc) is 3.27. The molecule has 2 unspecified atom stereocenters. The lowest BCUT2D eigenvalue weighted by Gasteiger charge is -2.36. The largest absolute Gasteiger partial charge is 0.370 e. The first-order valence-corrected chi connectivity index (χ1v) is 8.57. The molecule has 2 atom stereocenters. The van der Waals surface area contributed by atoms with Crippen molar-refractivity contribution in [2.24, 2.45) is 5.92 Å². The molecule has 5 heteroatoms. The lowest BCUT2D eigenvalue weighted by molar-refractivity contribution is 0.139. The van der Waals surface area contributed by atoms with Crippen LogP contribution in [0, 0.1) is 5.92 Å². The molecule has 0 aromatic carbocycles. The average molecular weight is 307 g/mol. The van der Waals surface area contributed by atoms with Gasteiger partial charge in [0.25, 0.3) is 0 Å². The van der Waals surface area contributed by atoms with Crippen LogP contribution in [0.1, 0.15) is 50.3 Å². The number of anilines is 1. The fourth-order valence-electron chi connectivity index (χ4n) is 3.99. The Bertz CT molecular complexity index is 517. The van der Waals surface area contributed by atoms with E-state index < -0.39 is 0 Å². The summed E-state index contributed by atoms with van der Waals surface area (Å²) in [5.74, 6) is 3.14. The predicted molar refractivity (Wildman–Crippen MR) is 84.8 cm³/mol. The van der Waals surface area contributed by atoms with Gasteiger partial charge >= 0.3 is 0 Å². The molecule has 4 rings (SSSR count). The smallest absolute Gasteiger partial charge is 0.135 e. The minimum absolute atomic E-state index is 0.545. The van der Waals surface area contributed by atoms with Gasteiger partial charge in [-0.05, 0) is 51.5 Å². The number of halogens is 1. The van der Waals surface area contributed by atoms with Gasteiger partial charge in [-0.3, -0.25) is 0 Å². The Balaban J connectivity index is 1.38. The Morgan fingerprint density at radius 1 is 1.19 bits per heavy atom. The first-order chi connectivity index (χ1) is 10.2. The molecule has 1 saturated carbocycles. The number of hydrogen-bond acceptors (Lipinski definition) is 4. The van der Waals surface area contributed by atoms with Crippen LogP contribution in [0.25, 0.3) is 0 Å². The molecular formula is C16H23ClN4. The van der Waals surface area contributed by atoms with Crippen LogP contribution in [0.5, 0.6) is 0 Å². The van der Waals surface area contributed by atoms with E-state index in [2.05, 4.69) is 27.2 Å². The zero-order valence-corrected chi connectivity index (χ0v) is 13.3. The maximum absolute atomic E-state index is 6.12. The highest BCUT2D eigenvalue weighted by molar-refractivity contribution is 6.29. The molecule has 114 valence electrons. The molecule has 0 radical (unpaired) electrons. The van der Waals surface area contributed by atoms with Gasteiger partial charge in [-0.15, -0.1) is 0 Å². The highest BCUT2D eigenvalue weighted by Gasteiger charge is 2.38. The summed E-state index contributed by atoms with van der Waals surface area (Å²) in [5, 5.41) is 4.08. The summed E-state index contributed by atoms with van der Waals surface area (Å²) in [6.45, 7) is 1.01. The van der Waals surface area contributed by atoms with Crippen molar-refractivity contribution in [2.45, 2.75) is 56.5 Å². The van der Waals surface area contributed by atoms with Crippen molar-refractivity contribution < 1.29 is 0 Å². The van der Waals surface area contributed by atoms with E-state index in [1.807, 2.05) is 6.07 Å². The molecule has 2 aliphatic heterocycles. The lowest BCUT2D eigenvalue weighted by Crippen LogP contribution is -2.41. The van der Waals surface area contributed by atoms with E-state index in [1.165, 1.54) is 38.5 Å². The molecule has 0 spiro atoms. The van der Waals surface area contributed by atoms with Gasteiger partial charge in [0, 0.05) is 30.6 Å². The van der Waals surface area contributed by atoms with E-state index in [1.54, 1.807) is 0 Å². The number of piperidine rings is 1. The minimum Gasteiger partial charge on any atom is -0.370 e. The van der Waals surface area contributed by atoms with Crippen LogP contribution in [-0.4, -0.2) is 40.5 Å². The zero-order chi connectivity index (χ0) is 14.4. The molecule has 21 heavy (non-hydrogen) atoms. The fourth-order valence-corrected chi connectivity index (χ4v) is 4.18. The van der Waals surface area contributed by atoms with Crippen LogP contribution < -0.4 is 5.32 Å². The standard InChI is InChI=1S/C16H23ClN4/c1-21-12-4-5-13(21)7-10(6-12)9-18-15-8-14(17)19-16(20-15)11-2-3-11/h8,10-13H,2-7,9H2,1H3,(H,18,19,20). The molecule has 3 fully saturated rings. The van der Waals surface area contributed by atoms with Crippen molar-refractivity contribution >= 4 is 17.4 Å². The molecule has 4 nitrogen and oxygen atoms in total. The van der Waals surface area contributed by atoms with E-state index in [9.17, 15) is 0 Å². The van der Waals surface area contributed by atoms with Gasteiger partial charge in [0.15, 0.2) is 0 Å². The van der Waals surface area contributed by atoms with E-state index >= 15 is 0 Å². The second kappa shape index (κ2) is 5.40. The number of aromatic nitrogens is 2. The first-order valence-electron chi connectivity index (χ1n) is 8.19. The van der Waals surface area contributed by atoms with Crippen molar-refractivity contribution in [1.29, 1.82) is 0 Å². The Morgan fingerprint density at radius 2 is 1.90 bits per heavy atom. The number of rotatable bonds is 4. The monoisotopic (exact) mass is 306 g/mol. The molecular weight excluding hydrogens is 284 g/mol. The van der Waals surface area contributed by atoms with Crippen LogP contribution in [0.15, 0.2) is 6.07 Å². The SMILES string of the molecule is CN1C2CCC1CC(CNc1cc(Cl)nc(C3CC3)n1)C2. The van der Waals surface area contributed by atoms with Crippen LogP contribution in [-0.2, 0) is 0 Å².